The molecule has 1 aromatic carbocycles. The van der Waals surface area contributed by atoms with Gasteiger partial charge in [-0.25, -0.2) is 13.2 Å². The third-order valence-electron chi connectivity index (χ3n) is 6.14. The molecule has 0 amide bonds. The fourth-order valence-electron chi connectivity index (χ4n) is 4.19. The number of aromatic nitrogens is 2. The first-order valence-corrected chi connectivity index (χ1v) is 10.4. The molecule has 164 valence electrons. The van der Waals surface area contributed by atoms with E-state index in [1.165, 1.54) is 12.1 Å². The van der Waals surface area contributed by atoms with Crippen LogP contribution < -0.4 is 10.6 Å². The van der Waals surface area contributed by atoms with Crippen molar-refractivity contribution in [3.8, 4) is 0 Å². The van der Waals surface area contributed by atoms with Gasteiger partial charge in [-0.3, -0.25) is 9.97 Å². The van der Waals surface area contributed by atoms with Crippen LogP contribution in [0.4, 0.5) is 18.9 Å². The van der Waals surface area contributed by atoms with Crippen molar-refractivity contribution in [2.24, 2.45) is 0 Å². The molecule has 8 heteroatoms. The fraction of sp³-hybridized carbons (Fsp3) is 0.391. The number of nitrogens with one attached hydrogen (secondary N) is 2. The summed E-state index contributed by atoms with van der Waals surface area (Å²) in [7, 11) is 1.92. The third kappa shape index (κ3) is 4.36. The molecule has 1 saturated carbocycles. The zero-order valence-corrected chi connectivity index (χ0v) is 17.2. The number of fused-ring (bicyclic) bond motifs is 1. The minimum Gasteiger partial charge on any atom is -0.384 e. The second-order valence-electron chi connectivity index (χ2n) is 8.01. The van der Waals surface area contributed by atoms with Crippen molar-refractivity contribution in [1.82, 2.24) is 15.3 Å². The number of alkyl halides is 2. The van der Waals surface area contributed by atoms with E-state index in [1.54, 1.807) is 18.5 Å². The molecule has 0 spiro atoms. The number of nitrogens with zero attached hydrogens (tertiary/aromatic N) is 2. The van der Waals surface area contributed by atoms with E-state index in [0.29, 0.717) is 35.8 Å². The van der Waals surface area contributed by atoms with E-state index >= 15 is 0 Å². The van der Waals surface area contributed by atoms with Crippen molar-refractivity contribution in [3.05, 3.63) is 65.4 Å². The molecule has 0 saturated heterocycles. The number of halogens is 3. The number of hydrogen-bond acceptors (Lipinski definition) is 5. The summed E-state index contributed by atoms with van der Waals surface area (Å²) in [5.74, 6) is -0.902. The standard InChI is InChI=1S/C23H25F3N4O/c1-27-15-5-8-23(31,9-6-15)20-11-17-18(7-10-28-19(17)13-30-20)29-12-14-3-2-4-16(21(14)24)22(25)26/h2-4,7,10-11,13,15,22,27,31H,5-6,8-9,12H2,1H3,(H,28,29). The van der Waals surface area contributed by atoms with Crippen LogP contribution in [0.15, 0.2) is 42.7 Å². The Balaban J connectivity index is 1.61. The van der Waals surface area contributed by atoms with E-state index in [2.05, 4.69) is 20.6 Å². The van der Waals surface area contributed by atoms with E-state index in [9.17, 15) is 18.3 Å². The van der Waals surface area contributed by atoms with E-state index in [0.717, 1.165) is 24.3 Å². The molecule has 4 rings (SSSR count). The summed E-state index contributed by atoms with van der Waals surface area (Å²) in [6, 6.07) is 7.93. The average Bonchev–Trinajstić information content (AvgIpc) is 2.78. The Labute approximate surface area is 178 Å². The largest absolute Gasteiger partial charge is 0.384 e. The van der Waals surface area contributed by atoms with Gasteiger partial charge in [0.15, 0.2) is 0 Å². The van der Waals surface area contributed by atoms with Gasteiger partial charge in [0, 0.05) is 35.4 Å². The van der Waals surface area contributed by atoms with Gasteiger partial charge in [-0.05, 0) is 44.9 Å². The van der Waals surface area contributed by atoms with Gasteiger partial charge in [0.05, 0.1) is 23.0 Å². The molecule has 3 aromatic rings. The Kier molecular flexibility index (Phi) is 6.11. The number of anilines is 1. The maximum absolute atomic E-state index is 14.4. The molecule has 0 unspecified atom stereocenters. The van der Waals surface area contributed by atoms with Gasteiger partial charge in [-0.2, -0.15) is 0 Å². The first-order chi connectivity index (χ1) is 14.9. The Morgan fingerprint density at radius 3 is 2.68 bits per heavy atom. The molecule has 0 atom stereocenters. The lowest BCUT2D eigenvalue weighted by atomic mass is 9.79. The average molecular weight is 430 g/mol. The second-order valence-corrected chi connectivity index (χ2v) is 8.01. The predicted octanol–water partition coefficient (Wildman–Crippen LogP) is 4.67. The lowest BCUT2D eigenvalue weighted by Crippen LogP contribution is -2.38. The fourth-order valence-corrected chi connectivity index (χ4v) is 4.19. The summed E-state index contributed by atoms with van der Waals surface area (Å²) < 4.78 is 40.3. The Hall–Kier alpha value is -2.71. The predicted molar refractivity (Wildman–Crippen MR) is 113 cm³/mol. The highest BCUT2D eigenvalue weighted by Crippen LogP contribution is 2.37. The highest BCUT2D eigenvalue weighted by atomic mass is 19.3. The molecule has 0 aliphatic heterocycles. The quantitative estimate of drug-likeness (QED) is 0.530. The van der Waals surface area contributed by atoms with Gasteiger partial charge in [-0.15, -0.1) is 0 Å². The molecule has 0 bridgehead atoms. The molecule has 1 fully saturated rings. The van der Waals surface area contributed by atoms with Gasteiger partial charge >= 0.3 is 0 Å². The molecule has 31 heavy (non-hydrogen) atoms. The van der Waals surface area contributed by atoms with Crippen LogP contribution in [0.1, 0.15) is 48.9 Å². The lowest BCUT2D eigenvalue weighted by Gasteiger charge is -2.35. The van der Waals surface area contributed by atoms with Crippen LogP contribution in [0.25, 0.3) is 10.9 Å². The van der Waals surface area contributed by atoms with Crippen molar-refractivity contribution in [2.45, 2.75) is 50.3 Å². The maximum atomic E-state index is 14.4. The molecule has 2 aromatic heterocycles. The highest BCUT2D eigenvalue weighted by Gasteiger charge is 2.35. The Morgan fingerprint density at radius 1 is 1.19 bits per heavy atom. The minimum absolute atomic E-state index is 0.0390. The van der Waals surface area contributed by atoms with Crippen LogP contribution in [0, 0.1) is 5.82 Å². The second kappa shape index (κ2) is 8.80. The Morgan fingerprint density at radius 2 is 1.97 bits per heavy atom. The first-order valence-electron chi connectivity index (χ1n) is 10.4. The number of aliphatic hydroxyl groups is 1. The maximum Gasteiger partial charge on any atom is 0.266 e. The number of rotatable bonds is 6. The monoisotopic (exact) mass is 430 g/mol. The Bertz CT molecular complexity index is 1070. The van der Waals surface area contributed by atoms with Crippen LogP contribution in [-0.2, 0) is 12.1 Å². The SMILES string of the molecule is CNC1CCC(O)(c2cc3c(NCc4cccc(C(F)F)c4F)ccnc3cn2)CC1. The van der Waals surface area contributed by atoms with Crippen molar-refractivity contribution < 1.29 is 18.3 Å². The molecule has 3 N–H and O–H groups in total. The molecule has 1 aliphatic carbocycles. The van der Waals surface area contributed by atoms with Crippen LogP contribution in [0.2, 0.25) is 0 Å². The lowest BCUT2D eigenvalue weighted by molar-refractivity contribution is -0.0113. The van der Waals surface area contributed by atoms with Crippen molar-refractivity contribution in [3.63, 3.8) is 0 Å². The summed E-state index contributed by atoms with van der Waals surface area (Å²) in [4.78, 5) is 8.77. The molecular weight excluding hydrogens is 405 g/mol. The summed E-state index contributed by atoms with van der Waals surface area (Å²) in [5.41, 5.74) is 0.417. The normalized spacial score (nSPS) is 21.5. The highest BCUT2D eigenvalue weighted by molar-refractivity contribution is 5.90. The van der Waals surface area contributed by atoms with E-state index in [-0.39, 0.29) is 12.1 Å². The van der Waals surface area contributed by atoms with Crippen molar-refractivity contribution in [2.75, 3.05) is 12.4 Å². The zero-order chi connectivity index (χ0) is 22.0. The number of benzene rings is 1. The van der Waals surface area contributed by atoms with Gasteiger partial charge in [-0.1, -0.05) is 18.2 Å². The van der Waals surface area contributed by atoms with E-state index < -0.39 is 23.4 Å². The number of hydrogen-bond donors (Lipinski definition) is 3. The zero-order valence-electron chi connectivity index (χ0n) is 17.2. The van der Waals surface area contributed by atoms with Gasteiger partial charge in [0.25, 0.3) is 6.43 Å². The smallest absolute Gasteiger partial charge is 0.266 e. The van der Waals surface area contributed by atoms with Crippen LogP contribution >= 0.6 is 0 Å². The van der Waals surface area contributed by atoms with Crippen molar-refractivity contribution >= 4 is 16.6 Å². The summed E-state index contributed by atoms with van der Waals surface area (Å²) in [5, 5.41) is 18.3. The topological polar surface area (TPSA) is 70.1 Å². The number of pyridine rings is 2. The van der Waals surface area contributed by atoms with E-state index in [4.69, 9.17) is 0 Å². The van der Waals surface area contributed by atoms with Crippen molar-refractivity contribution in [1.29, 1.82) is 0 Å². The van der Waals surface area contributed by atoms with E-state index in [1.807, 2.05) is 13.1 Å². The van der Waals surface area contributed by atoms with Crippen LogP contribution in [-0.4, -0.2) is 28.2 Å². The molecule has 1 aliphatic rings. The van der Waals surface area contributed by atoms with Gasteiger partial charge in [0.2, 0.25) is 0 Å². The summed E-state index contributed by atoms with van der Waals surface area (Å²) >= 11 is 0. The van der Waals surface area contributed by atoms with Gasteiger partial charge in [0.1, 0.15) is 11.4 Å². The van der Waals surface area contributed by atoms with Crippen LogP contribution in [0.3, 0.4) is 0 Å². The van der Waals surface area contributed by atoms with Crippen LogP contribution in [0.5, 0.6) is 0 Å². The molecule has 2 heterocycles. The summed E-state index contributed by atoms with van der Waals surface area (Å²) in [6.45, 7) is 0.0390. The van der Waals surface area contributed by atoms with Gasteiger partial charge < -0.3 is 15.7 Å². The summed E-state index contributed by atoms with van der Waals surface area (Å²) in [6.07, 6.45) is 3.27. The molecular formula is C23H25F3N4O. The third-order valence-corrected chi connectivity index (χ3v) is 6.14. The minimum atomic E-state index is -2.87. The molecule has 0 radical (unpaired) electrons. The molecule has 5 nitrogen and oxygen atoms in total. The first kappa shape index (κ1) is 21.5.